The first-order valence-corrected chi connectivity index (χ1v) is 3.10. The van der Waals surface area contributed by atoms with Crippen LogP contribution in [-0.4, -0.2) is 34.9 Å². The lowest BCUT2D eigenvalue weighted by molar-refractivity contribution is -0.303. The molecule has 0 amide bonds. The molecule has 1 nitrogen and oxygen atoms in total. The second-order valence-electron chi connectivity index (χ2n) is 2.80. The molecule has 0 atom stereocenters. The number of rotatable bonds is 0. The van der Waals surface area contributed by atoms with Crippen LogP contribution in [-0.2, 0) is 0 Å². The van der Waals surface area contributed by atoms with Crippen LogP contribution in [0.25, 0.3) is 0 Å². The molecule has 0 heterocycles. The summed E-state index contributed by atoms with van der Waals surface area (Å²) in [6.07, 6.45) is -4.40. The summed E-state index contributed by atoms with van der Waals surface area (Å²) in [5, 5.41) is 8.00. The number of aliphatic hydroxyl groups is 1. The van der Waals surface area contributed by atoms with Gasteiger partial charge in [0, 0.05) is 0 Å². The molecule has 1 saturated carbocycles. The van der Waals surface area contributed by atoms with Crippen LogP contribution in [0, 0.1) is 0 Å². The minimum Gasteiger partial charge on any atom is -0.381 e. The molecule has 1 fully saturated rings. The molecule has 0 aliphatic heterocycles. The predicted molar refractivity (Wildman–Crippen MR) is 25.8 cm³/mol. The lowest BCUT2D eigenvalue weighted by atomic mass is 10.2. The Morgan fingerprint density at radius 3 is 0.929 bits per heavy atom. The molecule has 0 aromatic carbocycles. The molecule has 1 N–H and O–H groups in total. The van der Waals surface area contributed by atoms with Crippen molar-refractivity contribution >= 4 is 0 Å². The molecule has 1 aliphatic carbocycles. The van der Waals surface area contributed by atoms with Gasteiger partial charge < -0.3 is 5.11 Å². The van der Waals surface area contributed by atoms with Crippen molar-refractivity contribution in [1.29, 1.82) is 0 Å². The topological polar surface area (TPSA) is 20.2 Å². The van der Waals surface area contributed by atoms with E-state index in [1.807, 2.05) is 0 Å². The van der Waals surface area contributed by atoms with Gasteiger partial charge in [-0.2, -0.15) is 35.1 Å². The van der Waals surface area contributed by atoms with Crippen LogP contribution >= 0.6 is 0 Å². The van der Waals surface area contributed by atoms with Crippen molar-refractivity contribution < 1.29 is 40.2 Å². The molecule has 0 spiro atoms. The molecule has 84 valence electrons. The fourth-order valence-corrected chi connectivity index (χ4v) is 0.990. The van der Waals surface area contributed by atoms with Gasteiger partial charge in [0.05, 0.1) is 0 Å². The quantitative estimate of drug-likeness (QED) is 0.630. The molecule has 1 rings (SSSR count). The average Bonchev–Trinajstić information content (AvgIpc) is 2.05. The standard InChI is InChI=1S/C5H2F8O/c6-2(7)1(14)3(8,9)5(12,13)4(2,10)11/h1,14H. The van der Waals surface area contributed by atoms with Gasteiger partial charge in [-0.05, 0) is 0 Å². The van der Waals surface area contributed by atoms with E-state index in [4.69, 9.17) is 5.11 Å². The van der Waals surface area contributed by atoms with Gasteiger partial charge in [0.2, 0.25) is 0 Å². The van der Waals surface area contributed by atoms with Crippen LogP contribution in [0.2, 0.25) is 0 Å². The minimum atomic E-state index is -6.27. The summed E-state index contributed by atoms with van der Waals surface area (Å²) in [4.78, 5) is 0. The SMILES string of the molecule is OC1C(F)(F)C(F)(F)C(F)(F)C1(F)F. The van der Waals surface area contributed by atoms with Crippen molar-refractivity contribution in [1.82, 2.24) is 0 Å². The molecule has 0 aromatic rings. The van der Waals surface area contributed by atoms with E-state index in [-0.39, 0.29) is 0 Å². The zero-order valence-corrected chi connectivity index (χ0v) is 6.05. The predicted octanol–water partition coefficient (Wildman–Crippen LogP) is 1.90. The van der Waals surface area contributed by atoms with E-state index in [9.17, 15) is 35.1 Å². The number of halogens is 8. The van der Waals surface area contributed by atoms with Gasteiger partial charge in [-0.15, -0.1) is 0 Å². The van der Waals surface area contributed by atoms with Crippen LogP contribution < -0.4 is 0 Å². The molecular formula is C5H2F8O. The molecule has 14 heavy (non-hydrogen) atoms. The highest BCUT2D eigenvalue weighted by Gasteiger charge is 2.93. The summed E-state index contributed by atoms with van der Waals surface area (Å²) in [6, 6.07) is 0. The molecule has 0 unspecified atom stereocenters. The number of hydrogen-bond donors (Lipinski definition) is 1. The number of alkyl halides is 8. The lowest BCUT2D eigenvalue weighted by Gasteiger charge is -2.23. The highest BCUT2D eigenvalue weighted by atomic mass is 19.4. The Hall–Kier alpha value is -0.600. The summed E-state index contributed by atoms with van der Waals surface area (Å²) in [6.45, 7) is 0. The summed E-state index contributed by atoms with van der Waals surface area (Å²) in [5.41, 5.74) is 0. The van der Waals surface area contributed by atoms with Crippen LogP contribution in [0.3, 0.4) is 0 Å². The molecule has 9 heteroatoms. The highest BCUT2D eigenvalue weighted by molar-refractivity contribution is 5.18. The maximum atomic E-state index is 12.1. The van der Waals surface area contributed by atoms with Gasteiger partial charge in [0.15, 0.2) is 6.10 Å². The van der Waals surface area contributed by atoms with Crippen molar-refractivity contribution in [3.05, 3.63) is 0 Å². The van der Waals surface area contributed by atoms with E-state index in [1.165, 1.54) is 0 Å². The molecular weight excluding hydrogens is 228 g/mol. The Kier molecular flexibility index (Phi) is 1.90. The van der Waals surface area contributed by atoms with E-state index >= 15 is 0 Å². The monoisotopic (exact) mass is 230 g/mol. The Labute approximate surface area is 71.3 Å². The summed E-state index contributed by atoms with van der Waals surface area (Å²) >= 11 is 0. The van der Waals surface area contributed by atoms with Crippen LogP contribution in [0.1, 0.15) is 0 Å². The second kappa shape index (κ2) is 2.31. The molecule has 0 bridgehead atoms. The minimum absolute atomic E-state index is 4.40. The first kappa shape index (κ1) is 11.5. The van der Waals surface area contributed by atoms with Crippen molar-refractivity contribution in [2.75, 3.05) is 0 Å². The van der Waals surface area contributed by atoms with Gasteiger partial charge in [-0.25, -0.2) is 0 Å². The highest BCUT2D eigenvalue weighted by Crippen LogP contribution is 2.62. The Bertz CT molecular complexity index is 232. The fraction of sp³-hybridized carbons (Fsp3) is 1.00. The number of aliphatic hydroxyl groups excluding tert-OH is 1. The third-order valence-corrected chi connectivity index (χ3v) is 1.92. The van der Waals surface area contributed by atoms with Crippen molar-refractivity contribution in [2.45, 2.75) is 29.8 Å². The van der Waals surface area contributed by atoms with Crippen molar-refractivity contribution in [3.8, 4) is 0 Å². The maximum absolute atomic E-state index is 12.1. The van der Waals surface area contributed by atoms with Crippen molar-refractivity contribution in [2.24, 2.45) is 0 Å². The van der Waals surface area contributed by atoms with Crippen LogP contribution in [0.15, 0.2) is 0 Å². The summed E-state index contributed by atoms with van der Waals surface area (Å²) in [7, 11) is 0. The third kappa shape index (κ3) is 0.836. The third-order valence-electron chi connectivity index (χ3n) is 1.92. The summed E-state index contributed by atoms with van der Waals surface area (Å²) in [5.74, 6) is -24.3. The first-order chi connectivity index (χ1) is 5.90. The second-order valence-corrected chi connectivity index (χ2v) is 2.80. The van der Waals surface area contributed by atoms with Crippen LogP contribution in [0.4, 0.5) is 35.1 Å². The van der Waals surface area contributed by atoms with E-state index in [1.54, 1.807) is 0 Å². The van der Waals surface area contributed by atoms with Crippen molar-refractivity contribution in [3.63, 3.8) is 0 Å². The Morgan fingerprint density at radius 1 is 0.643 bits per heavy atom. The zero-order valence-electron chi connectivity index (χ0n) is 6.05. The molecule has 1 aliphatic rings. The Morgan fingerprint density at radius 2 is 0.857 bits per heavy atom. The smallest absolute Gasteiger partial charge is 0.381 e. The lowest BCUT2D eigenvalue weighted by Crippen LogP contribution is -2.51. The van der Waals surface area contributed by atoms with Crippen LogP contribution in [0.5, 0.6) is 0 Å². The van der Waals surface area contributed by atoms with Gasteiger partial charge in [-0.3, -0.25) is 0 Å². The van der Waals surface area contributed by atoms with E-state index in [2.05, 4.69) is 0 Å². The largest absolute Gasteiger partial charge is 0.381 e. The maximum Gasteiger partial charge on any atom is 0.381 e. The van der Waals surface area contributed by atoms with E-state index in [0.29, 0.717) is 0 Å². The molecule has 0 saturated heterocycles. The van der Waals surface area contributed by atoms with E-state index in [0.717, 1.165) is 0 Å². The van der Waals surface area contributed by atoms with Gasteiger partial charge in [0.25, 0.3) is 0 Å². The molecule has 0 aromatic heterocycles. The summed E-state index contributed by atoms with van der Waals surface area (Å²) < 4.78 is 97.0. The Balaban J connectivity index is 3.38. The average molecular weight is 230 g/mol. The van der Waals surface area contributed by atoms with Gasteiger partial charge in [0.1, 0.15) is 0 Å². The zero-order chi connectivity index (χ0) is 11.6. The number of hydrogen-bond acceptors (Lipinski definition) is 1. The fourth-order valence-electron chi connectivity index (χ4n) is 0.990. The first-order valence-electron chi connectivity index (χ1n) is 3.10. The van der Waals surface area contributed by atoms with Gasteiger partial charge in [-0.1, -0.05) is 0 Å². The normalized spacial score (nSPS) is 33.2. The van der Waals surface area contributed by atoms with Gasteiger partial charge >= 0.3 is 23.7 Å². The van der Waals surface area contributed by atoms with E-state index < -0.39 is 29.8 Å². The molecule has 0 radical (unpaired) electrons.